The van der Waals surface area contributed by atoms with Gasteiger partial charge in [-0.25, -0.2) is 5.84 Å². The predicted molar refractivity (Wildman–Crippen MR) is 160 cm³/mol. The van der Waals surface area contributed by atoms with Crippen molar-refractivity contribution in [3.8, 4) is 11.5 Å². The zero-order valence-electron chi connectivity index (χ0n) is 23.7. The van der Waals surface area contributed by atoms with E-state index in [-0.39, 0.29) is 28.7 Å². The van der Waals surface area contributed by atoms with Gasteiger partial charge in [0.15, 0.2) is 0 Å². The molecule has 0 heterocycles. The maximum atomic E-state index is 13.7. The molecule has 0 spiro atoms. The Labute approximate surface area is 248 Å². The maximum absolute atomic E-state index is 13.7. The summed E-state index contributed by atoms with van der Waals surface area (Å²) in [5.74, 6) is -0.115. The van der Waals surface area contributed by atoms with Crippen LogP contribution >= 0.6 is 0 Å². The quantitative estimate of drug-likeness (QED) is 0.0907. The molecule has 0 radical (unpaired) electrons. The monoisotopic (exact) mass is 580 g/mol. The molecule has 0 aliphatic carbocycles. The van der Waals surface area contributed by atoms with Gasteiger partial charge in [-0.15, -0.1) is 0 Å². The van der Waals surface area contributed by atoms with E-state index < -0.39 is 35.8 Å². The van der Waals surface area contributed by atoms with E-state index in [2.05, 4.69) is 5.43 Å². The summed E-state index contributed by atoms with van der Waals surface area (Å²) in [6.07, 6.45) is -0.875. The Bertz CT molecular complexity index is 1640. The number of nitrogens with two attached hydrogens (primary N) is 1. The molecule has 0 aromatic heterocycles. The van der Waals surface area contributed by atoms with Crippen molar-refractivity contribution in [2.24, 2.45) is 5.84 Å². The number of hydrogen-bond acceptors (Lipinski definition) is 7. The number of phenols is 2. The highest BCUT2D eigenvalue weighted by Gasteiger charge is 2.30. The average molecular weight is 581 g/mol. The third kappa shape index (κ3) is 7.06. The van der Waals surface area contributed by atoms with Crippen molar-refractivity contribution in [3.05, 3.63) is 130 Å². The Balaban J connectivity index is 1.67. The van der Waals surface area contributed by atoms with Crippen LogP contribution in [0.2, 0.25) is 0 Å². The number of nitrogens with one attached hydrogen (secondary N) is 2. The van der Waals surface area contributed by atoms with E-state index in [9.17, 15) is 29.4 Å². The first-order chi connectivity index (χ1) is 20.6. The zero-order valence-corrected chi connectivity index (χ0v) is 23.7. The number of aromatic hydroxyl groups is 2. The number of nitrogens with zero attached hydrogens (tertiary/aromatic N) is 1. The van der Waals surface area contributed by atoms with Gasteiger partial charge in [0.05, 0.1) is 11.1 Å². The molecule has 0 saturated heterocycles. The van der Waals surface area contributed by atoms with Gasteiger partial charge >= 0.3 is 0 Å². The zero-order chi connectivity index (χ0) is 31.1. The highest BCUT2D eigenvalue weighted by Crippen LogP contribution is 2.30. The number of amides is 4. The molecule has 10 heteroatoms. The van der Waals surface area contributed by atoms with E-state index in [0.717, 1.165) is 11.1 Å². The fourth-order valence-electron chi connectivity index (χ4n) is 4.64. The van der Waals surface area contributed by atoms with Crippen molar-refractivity contribution in [2.75, 3.05) is 0 Å². The molecule has 220 valence electrons. The van der Waals surface area contributed by atoms with Crippen molar-refractivity contribution in [2.45, 2.75) is 32.1 Å². The number of hydrazine groups is 2. The second kappa shape index (κ2) is 13.5. The smallest absolute Gasteiger partial charge is 0.283 e. The number of carbonyl (C=O) groups excluding carboxylic acids is 4. The molecule has 6 N–H and O–H groups in total. The van der Waals surface area contributed by atoms with Gasteiger partial charge in [0.2, 0.25) is 5.91 Å². The van der Waals surface area contributed by atoms with Crippen molar-refractivity contribution in [3.63, 3.8) is 0 Å². The van der Waals surface area contributed by atoms with Crippen LogP contribution in [0.3, 0.4) is 0 Å². The second-order valence-electron chi connectivity index (χ2n) is 10.0. The summed E-state index contributed by atoms with van der Waals surface area (Å²) >= 11 is 0. The van der Waals surface area contributed by atoms with Gasteiger partial charge in [-0.1, -0.05) is 86.6 Å². The number of hydrogen-bond donors (Lipinski definition) is 5. The fourth-order valence-corrected chi connectivity index (χ4v) is 4.64. The van der Waals surface area contributed by atoms with Gasteiger partial charge in [-0.2, -0.15) is 5.01 Å². The van der Waals surface area contributed by atoms with Crippen LogP contribution in [-0.4, -0.2) is 38.9 Å². The molecule has 0 fully saturated rings. The summed E-state index contributed by atoms with van der Waals surface area (Å²) < 4.78 is 0. The summed E-state index contributed by atoms with van der Waals surface area (Å²) in [5.41, 5.74) is 6.82. The van der Waals surface area contributed by atoms with Crippen LogP contribution < -0.4 is 16.7 Å². The Hall–Kier alpha value is -5.48. The van der Waals surface area contributed by atoms with E-state index in [1.165, 1.54) is 24.3 Å². The number of rotatable bonds is 8. The summed E-state index contributed by atoms with van der Waals surface area (Å²) in [7, 11) is 0. The molecule has 2 atom stereocenters. The molecule has 0 bridgehead atoms. The van der Waals surface area contributed by atoms with Crippen LogP contribution in [0.5, 0.6) is 11.5 Å². The van der Waals surface area contributed by atoms with E-state index in [4.69, 9.17) is 5.84 Å². The normalized spacial score (nSPS) is 12.1. The van der Waals surface area contributed by atoms with Gasteiger partial charge in [0.1, 0.15) is 17.9 Å². The van der Waals surface area contributed by atoms with Gasteiger partial charge in [0.25, 0.3) is 17.7 Å². The van der Waals surface area contributed by atoms with Gasteiger partial charge in [-0.05, 0) is 46.5 Å². The van der Waals surface area contributed by atoms with Crippen LogP contribution in [0.25, 0.3) is 0 Å². The number of imide groups is 1. The fraction of sp³-hybridized carbons (Fsp3) is 0.152. The molecule has 4 aromatic carbocycles. The summed E-state index contributed by atoms with van der Waals surface area (Å²) in [6, 6.07) is 27.8. The summed E-state index contributed by atoms with van der Waals surface area (Å²) in [6.45, 7) is 3.85. The average Bonchev–Trinajstić information content (AvgIpc) is 3.03. The van der Waals surface area contributed by atoms with E-state index >= 15 is 0 Å². The van der Waals surface area contributed by atoms with Gasteiger partial charge < -0.3 is 10.2 Å². The van der Waals surface area contributed by atoms with Crippen molar-refractivity contribution >= 4 is 23.6 Å². The first-order valence-electron chi connectivity index (χ1n) is 13.5. The van der Waals surface area contributed by atoms with Crippen molar-refractivity contribution in [1.29, 1.82) is 0 Å². The molecule has 4 rings (SSSR count). The van der Waals surface area contributed by atoms with Crippen LogP contribution in [0, 0.1) is 0 Å². The lowest BCUT2D eigenvalue weighted by atomic mass is 9.91. The lowest BCUT2D eigenvalue weighted by Gasteiger charge is -2.23. The molecule has 4 aromatic rings. The number of benzene rings is 4. The Kier molecular flexibility index (Phi) is 9.54. The second-order valence-corrected chi connectivity index (χ2v) is 10.0. The minimum Gasteiger partial charge on any atom is -0.507 e. The summed E-state index contributed by atoms with van der Waals surface area (Å²) in [5, 5.41) is 21.5. The molecule has 0 saturated carbocycles. The Morgan fingerprint density at radius 2 is 1.16 bits per heavy atom. The molecular formula is C33H32N4O6. The number of phenolic OH excluding ortho intramolecular Hbond substituents is 2. The highest BCUT2D eigenvalue weighted by atomic mass is 16.3. The van der Waals surface area contributed by atoms with Crippen LogP contribution in [-0.2, 0) is 9.59 Å². The van der Waals surface area contributed by atoms with E-state index in [1.807, 2.05) is 79.9 Å². The SMILES string of the molecule is CC(c1ccccc1)c1ccc(O)c(C(=O)NN(C(=O)CC(=O)NN)C(=O)c2cc(C(C)c3ccccc3)ccc2O)c1. The van der Waals surface area contributed by atoms with Gasteiger partial charge in [-0.3, -0.25) is 30.0 Å². The van der Waals surface area contributed by atoms with Crippen LogP contribution in [0.15, 0.2) is 97.1 Å². The largest absolute Gasteiger partial charge is 0.507 e. The van der Waals surface area contributed by atoms with E-state index in [1.54, 1.807) is 12.1 Å². The predicted octanol–water partition coefficient (Wildman–Crippen LogP) is 4.10. The molecule has 10 nitrogen and oxygen atoms in total. The molecular weight excluding hydrogens is 548 g/mol. The Morgan fingerprint density at radius 3 is 1.65 bits per heavy atom. The van der Waals surface area contributed by atoms with Crippen molar-refractivity contribution < 1.29 is 29.4 Å². The minimum absolute atomic E-state index is 0.146. The minimum atomic E-state index is -1.12. The van der Waals surface area contributed by atoms with Crippen molar-refractivity contribution in [1.82, 2.24) is 15.9 Å². The molecule has 43 heavy (non-hydrogen) atoms. The molecule has 2 unspecified atom stereocenters. The lowest BCUT2D eigenvalue weighted by molar-refractivity contribution is -0.135. The van der Waals surface area contributed by atoms with Crippen LogP contribution in [0.1, 0.15) is 75.1 Å². The lowest BCUT2D eigenvalue weighted by Crippen LogP contribution is -2.51. The van der Waals surface area contributed by atoms with E-state index in [0.29, 0.717) is 16.1 Å². The third-order valence-electron chi connectivity index (χ3n) is 7.25. The van der Waals surface area contributed by atoms with Gasteiger partial charge in [0, 0.05) is 11.8 Å². The number of carbonyl (C=O) groups is 4. The topological polar surface area (TPSA) is 162 Å². The molecule has 0 aliphatic rings. The standard InChI is InChI=1S/C33H32N4O6/c1-20(22-9-5-3-6-10-22)24-13-15-28(38)26(17-24)32(42)36-37(31(41)19-30(40)35-34)33(43)27-18-25(14-16-29(27)39)21(2)23-11-7-4-8-12-23/h3-18,20-21,38-39H,19,34H2,1-2H3,(H,35,40)(H,36,42). The maximum Gasteiger partial charge on any atom is 0.283 e. The first-order valence-corrected chi connectivity index (χ1v) is 13.5. The van der Waals surface area contributed by atoms with Crippen LogP contribution in [0.4, 0.5) is 0 Å². The highest BCUT2D eigenvalue weighted by molar-refractivity contribution is 6.12. The first kappa shape index (κ1) is 30.5. The summed E-state index contributed by atoms with van der Waals surface area (Å²) in [4.78, 5) is 52.2. The molecule has 0 aliphatic heterocycles. The third-order valence-corrected chi connectivity index (χ3v) is 7.25. The molecule has 4 amide bonds. The Morgan fingerprint density at radius 1 is 0.698 bits per heavy atom.